The number of nitro benzene ring substituents is 1. The normalized spacial score (nSPS) is 12.8. The van der Waals surface area contributed by atoms with E-state index in [9.17, 15) is 14.9 Å². The number of likely N-dealkylation sites (N-methyl/N-ethyl adjacent to an activating group) is 1. The topological polar surface area (TPSA) is 69.4 Å². The fraction of sp³-hybridized carbons (Fsp3) is 0.462. The fourth-order valence-corrected chi connectivity index (χ4v) is 1.99. The highest BCUT2D eigenvalue weighted by atomic mass is 127. The predicted octanol–water partition coefficient (Wildman–Crippen LogP) is 2.32. The number of non-ortho nitro benzene ring substituents is 1. The summed E-state index contributed by atoms with van der Waals surface area (Å²) in [6, 6.07) is 5.94. The lowest BCUT2D eigenvalue weighted by atomic mass is 10.1. The molecule has 0 spiro atoms. The molecule has 0 saturated carbocycles. The molecule has 0 amide bonds. The Morgan fingerprint density at radius 2 is 1.90 bits per heavy atom. The number of benzene rings is 1. The smallest absolute Gasteiger partial charge is 0.323 e. The van der Waals surface area contributed by atoms with E-state index in [1.807, 2.05) is 43.7 Å². The van der Waals surface area contributed by atoms with Gasteiger partial charge in [-0.1, -0.05) is 34.7 Å². The van der Waals surface area contributed by atoms with Gasteiger partial charge >= 0.3 is 5.97 Å². The summed E-state index contributed by atoms with van der Waals surface area (Å²) in [6.07, 6.45) is 0. The molecule has 0 N–H and O–H groups in total. The number of carbonyl (C=O) groups is 1. The number of rotatable bonds is 6. The summed E-state index contributed by atoms with van der Waals surface area (Å²) in [5.41, 5.74) is 0.710. The fourth-order valence-electron chi connectivity index (χ4n) is 1.39. The van der Waals surface area contributed by atoms with Gasteiger partial charge in [0.2, 0.25) is 0 Å². The Labute approximate surface area is 131 Å². The third-order valence-electron chi connectivity index (χ3n) is 2.61. The summed E-state index contributed by atoms with van der Waals surface area (Å²) >= 11 is 1.97. The molecule has 110 valence electrons. The first-order chi connectivity index (χ1) is 9.20. The van der Waals surface area contributed by atoms with Gasteiger partial charge in [0, 0.05) is 12.1 Å². The zero-order valence-corrected chi connectivity index (χ0v) is 13.9. The molecule has 0 bridgehead atoms. The highest BCUT2D eigenvalue weighted by Crippen LogP contribution is 2.26. The van der Waals surface area contributed by atoms with E-state index in [0.717, 1.165) is 11.0 Å². The van der Waals surface area contributed by atoms with E-state index in [0.29, 0.717) is 12.2 Å². The second kappa shape index (κ2) is 6.98. The number of alkyl halides is 1. The van der Waals surface area contributed by atoms with Gasteiger partial charge < -0.3 is 9.22 Å². The lowest BCUT2D eigenvalue weighted by Crippen LogP contribution is -2.38. The Morgan fingerprint density at radius 1 is 1.35 bits per heavy atom. The van der Waals surface area contributed by atoms with Gasteiger partial charge in [-0.25, -0.2) is 0 Å². The minimum atomic E-state index is -0.467. The van der Waals surface area contributed by atoms with Crippen molar-refractivity contribution in [2.75, 3.05) is 34.3 Å². The van der Waals surface area contributed by atoms with Crippen LogP contribution in [0.4, 0.5) is 5.69 Å². The highest BCUT2D eigenvalue weighted by molar-refractivity contribution is 14.1. The first kappa shape index (κ1) is 16.8. The minimum Gasteiger partial charge on any atom is -0.459 e. The zero-order chi connectivity index (χ0) is 15.3. The van der Waals surface area contributed by atoms with Crippen LogP contribution in [0.1, 0.15) is 9.49 Å². The van der Waals surface area contributed by atoms with Gasteiger partial charge in [-0.05, 0) is 5.56 Å². The Balaban J connectivity index is 2.58. The predicted molar refractivity (Wildman–Crippen MR) is 83.7 cm³/mol. The third kappa shape index (κ3) is 5.41. The van der Waals surface area contributed by atoms with E-state index in [1.54, 1.807) is 12.1 Å². The lowest BCUT2D eigenvalue weighted by Gasteiger charge is -2.23. The summed E-state index contributed by atoms with van der Waals surface area (Å²) in [5, 5.41) is 10.6. The molecule has 7 heteroatoms. The van der Waals surface area contributed by atoms with E-state index in [2.05, 4.69) is 0 Å². The Bertz CT molecular complexity index is 482. The Morgan fingerprint density at radius 3 is 2.35 bits per heavy atom. The first-order valence-electron chi connectivity index (χ1n) is 6.06. The molecule has 0 aromatic heterocycles. The standard InChI is InChI=1S/C13H18IN2O4/c1-16(2,3)8-9-20-13(17)12(14)10-4-6-11(7-5-10)15(18)19/h4-7,12H,8-9H2,1-3H3/q+1. The monoisotopic (exact) mass is 393 g/mol. The molecule has 1 unspecified atom stereocenters. The zero-order valence-electron chi connectivity index (χ0n) is 11.7. The average Bonchev–Trinajstić information content (AvgIpc) is 2.36. The Kier molecular flexibility index (Phi) is 5.88. The second-order valence-corrected chi connectivity index (χ2v) is 6.64. The summed E-state index contributed by atoms with van der Waals surface area (Å²) in [4.78, 5) is 22.0. The molecule has 0 saturated heterocycles. The van der Waals surface area contributed by atoms with E-state index in [-0.39, 0.29) is 11.7 Å². The maximum Gasteiger partial charge on any atom is 0.323 e. The SMILES string of the molecule is C[N+](C)(C)CCOC(=O)C(I)c1ccc([N+](=O)[O-])cc1. The van der Waals surface area contributed by atoms with Crippen molar-refractivity contribution < 1.29 is 18.9 Å². The van der Waals surface area contributed by atoms with Gasteiger partial charge in [0.05, 0.1) is 26.1 Å². The minimum absolute atomic E-state index is 0.00995. The van der Waals surface area contributed by atoms with Crippen LogP contribution in [0.15, 0.2) is 24.3 Å². The van der Waals surface area contributed by atoms with Crippen LogP contribution in [0.3, 0.4) is 0 Å². The van der Waals surface area contributed by atoms with Crippen molar-refractivity contribution in [1.82, 2.24) is 0 Å². The molecule has 0 radical (unpaired) electrons. The number of halogens is 1. The summed E-state index contributed by atoms with van der Waals surface area (Å²) in [7, 11) is 6.06. The Hall–Kier alpha value is -1.22. The van der Waals surface area contributed by atoms with Crippen molar-refractivity contribution in [2.45, 2.75) is 3.92 Å². The summed E-state index contributed by atoms with van der Waals surface area (Å²) in [5.74, 6) is -0.326. The maximum atomic E-state index is 11.9. The van der Waals surface area contributed by atoms with E-state index < -0.39 is 8.85 Å². The average molecular weight is 393 g/mol. The third-order valence-corrected chi connectivity index (χ3v) is 3.84. The molecule has 0 aliphatic rings. The molecule has 1 atom stereocenters. The van der Waals surface area contributed by atoms with E-state index in [4.69, 9.17) is 4.74 Å². The van der Waals surface area contributed by atoms with Crippen molar-refractivity contribution in [3.63, 3.8) is 0 Å². The van der Waals surface area contributed by atoms with Gasteiger partial charge in [-0.15, -0.1) is 0 Å². The number of ether oxygens (including phenoxy) is 1. The van der Waals surface area contributed by atoms with Crippen LogP contribution >= 0.6 is 22.6 Å². The van der Waals surface area contributed by atoms with Crippen LogP contribution < -0.4 is 0 Å². The number of quaternary nitrogens is 1. The first-order valence-corrected chi connectivity index (χ1v) is 7.31. The summed E-state index contributed by atoms with van der Waals surface area (Å²) < 4.78 is 5.48. The van der Waals surface area contributed by atoms with Gasteiger partial charge in [-0.3, -0.25) is 14.9 Å². The molecule has 1 aromatic rings. The van der Waals surface area contributed by atoms with Crippen LogP contribution in [0.25, 0.3) is 0 Å². The van der Waals surface area contributed by atoms with Crippen LogP contribution in [-0.2, 0) is 9.53 Å². The van der Waals surface area contributed by atoms with Crippen molar-refractivity contribution in [3.05, 3.63) is 39.9 Å². The molecular formula is C13H18IN2O4+. The van der Waals surface area contributed by atoms with Crippen LogP contribution in [0.2, 0.25) is 0 Å². The van der Waals surface area contributed by atoms with Crippen LogP contribution in [-0.4, -0.2) is 49.7 Å². The van der Waals surface area contributed by atoms with Crippen molar-refractivity contribution in [2.24, 2.45) is 0 Å². The highest BCUT2D eigenvalue weighted by Gasteiger charge is 2.20. The number of carbonyl (C=O) groups excluding carboxylic acids is 1. The molecule has 0 heterocycles. The van der Waals surface area contributed by atoms with E-state index in [1.165, 1.54) is 12.1 Å². The number of nitrogens with zero attached hydrogens (tertiary/aromatic N) is 2. The van der Waals surface area contributed by atoms with Crippen molar-refractivity contribution >= 4 is 34.2 Å². The number of nitro groups is 1. The summed E-state index contributed by atoms with van der Waals surface area (Å²) in [6.45, 7) is 1.09. The van der Waals surface area contributed by atoms with E-state index >= 15 is 0 Å². The van der Waals surface area contributed by atoms with Gasteiger partial charge in [0.1, 0.15) is 17.1 Å². The number of hydrogen-bond acceptors (Lipinski definition) is 4. The van der Waals surface area contributed by atoms with Crippen LogP contribution in [0, 0.1) is 10.1 Å². The molecular weight excluding hydrogens is 375 g/mol. The maximum absolute atomic E-state index is 11.9. The molecule has 0 aliphatic carbocycles. The number of esters is 1. The van der Waals surface area contributed by atoms with Crippen molar-refractivity contribution in [3.8, 4) is 0 Å². The molecule has 0 fully saturated rings. The molecule has 20 heavy (non-hydrogen) atoms. The largest absolute Gasteiger partial charge is 0.459 e. The molecule has 6 nitrogen and oxygen atoms in total. The second-order valence-electron chi connectivity index (χ2n) is 5.39. The molecule has 0 aliphatic heterocycles. The molecule has 1 aromatic carbocycles. The van der Waals surface area contributed by atoms with Crippen LogP contribution in [0.5, 0.6) is 0 Å². The molecule has 1 rings (SSSR count). The van der Waals surface area contributed by atoms with Gasteiger partial charge in [-0.2, -0.15) is 0 Å². The lowest BCUT2D eigenvalue weighted by molar-refractivity contribution is -0.870. The number of hydrogen-bond donors (Lipinski definition) is 0. The quantitative estimate of drug-likeness (QED) is 0.186. The van der Waals surface area contributed by atoms with Crippen molar-refractivity contribution in [1.29, 1.82) is 0 Å². The van der Waals surface area contributed by atoms with Gasteiger partial charge in [0.25, 0.3) is 5.69 Å². The van der Waals surface area contributed by atoms with Gasteiger partial charge in [0.15, 0.2) is 0 Å².